The molecule has 1 aromatic carbocycles. The maximum atomic E-state index is 5.77. The number of hydrogen-bond donors (Lipinski definition) is 2. The topological polar surface area (TPSA) is 60.2 Å². The minimum Gasteiger partial charge on any atom is -0.487 e. The maximum Gasteiger partial charge on any atom is 0.130 e. The van der Waals surface area contributed by atoms with Crippen molar-refractivity contribution in [3.8, 4) is 5.75 Å². The molecule has 1 aromatic heterocycles. The van der Waals surface area contributed by atoms with Gasteiger partial charge in [-0.1, -0.05) is 12.1 Å². The lowest BCUT2D eigenvalue weighted by Gasteiger charge is -2.10. The first kappa shape index (κ1) is 12.4. The molecule has 0 atom stereocenters. The average Bonchev–Trinajstić information content (AvgIpc) is 2.40. The van der Waals surface area contributed by atoms with Crippen LogP contribution in [-0.2, 0) is 6.61 Å². The minimum atomic E-state index is 0.430. The lowest BCUT2D eigenvalue weighted by atomic mass is 10.1. The molecule has 0 unspecified atom stereocenters. The van der Waals surface area contributed by atoms with Crippen LogP contribution in [-0.4, -0.2) is 4.98 Å². The summed E-state index contributed by atoms with van der Waals surface area (Å²) in [6.45, 7) is 4.50. The quantitative estimate of drug-likeness (QED) is 0.640. The van der Waals surface area contributed by atoms with E-state index in [2.05, 4.69) is 22.5 Å². The van der Waals surface area contributed by atoms with Crippen LogP contribution in [0, 0.1) is 13.8 Å². The van der Waals surface area contributed by atoms with Crippen LogP contribution in [0.1, 0.15) is 16.8 Å². The summed E-state index contributed by atoms with van der Waals surface area (Å²) in [6.07, 6.45) is 1.71. The van der Waals surface area contributed by atoms with Crippen LogP contribution in [0.15, 0.2) is 36.5 Å². The molecular formula is C14H17N3O. The first-order chi connectivity index (χ1) is 8.69. The molecule has 94 valence electrons. The number of nitrogen functional groups attached to an aromatic ring is 1. The first-order valence-corrected chi connectivity index (χ1v) is 5.80. The zero-order valence-corrected chi connectivity index (χ0v) is 10.6. The lowest BCUT2D eigenvalue weighted by Crippen LogP contribution is -2.08. The van der Waals surface area contributed by atoms with E-state index in [9.17, 15) is 0 Å². The second-order valence-corrected chi connectivity index (χ2v) is 4.24. The summed E-state index contributed by atoms with van der Waals surface area (Å²) in [6, 6.07) is 9.82. The van der Waals surface area contributed by atoms with E-state index in [1.165, 1.54) is 5.56 Å². The number of hydrazine groups is 1. The van der Waals surface area contributed by atoms with Crippen LogP contribution in [0.2, 0.25) is 0 Å². The second kappa shape index (κ2) is 5.51. The van der Waals surface area contributed by atoms with Gasteiger partial charge >= 0.3 is 0 Å². The molecule has 0 saturated heterocycles. The van der Waals surface area contributed by atoms with Crippen LogP contribution < -0.4 is 16.0 Å². The van der Waals surface area contributed by atoms with Crippen molar-refractivity contribution >= 4 is 5.69 Å². The van der Waals surface area contributed by atoms with Crippen molar-refractivity contribution in [2.45, 2.75) is 20.5 Å². The monoisotopic (exact) mass is 243 g/mol. The normalized spacial score (nSPS) is 10.2. The second-order valence-electron chi connectivity index (χ2n) is 4.24. The average molecular weight is 243 g/mol. The SMILES string of the molecule is Cc1ccc(C)c(OCc2cc(NN)ccn2)c1. The fourth-order valence-electron chi connectivity index (χ4n) is 1.66. The fourth-order valence-corrected chi connectivity index (χ4v) is 1.66. The smallest absolute Gasteiger partial charge is 0.130 e. The van der Waals surface area contributed by atoms with Gasteiger partial charge in [-0.05, 0) is 43.2 Å². The summed E-state index contributed by atoms with van der Waals surface area (Å²) in [5.74, 6) is 6.24. The number of nitrogens with two attached hydrogens (primary N) is 1. The molecular weight excluding hydrogens is 226 g/mol. The number of benzene rings is 1. The van der Waals surface area contributed by atoms with Gasteiger partial charge in [0.1, 0.15) is 12.4 Å². The summed E-state index contributed by atoms with van der Waals surface area (Å²) in [7, 11) is 0. The molecule has 1 heterocycles. The highest BCUT2D eigenvalue weighted by atomic mass is 16.5. The van der Waals surface area contributed by atoms with Crippen molar-refractivity contribution in [1.29, 1.82) is 0 Å². The van der Waals surface area contributed by atoms with Crippen molar-refractivity contribution in [3.05, 3.63) is 53.3 Å². The number of hydrogen-bond acceptors (Lipinski definition) is 4. The molecule has 0 saturated carbocycles. The van der Waals surface area contributed by atoms with Gasteiger partial charge in [-0.15, -0.1) is 0 Å². The highest BCUT2D eigenvalue weighted by molar-refractivity contribution is 5.42. The van der Waals surface area contributed by atoms with Crippen LogP contribution in [0.3, 0.4) is 0 Å². The van der Waals surface area contributed by atoms with Crippen LogP contribution in [0.25, 0.3) is 0 Å². The Balaban J connectivity index is 2.08. The largest absolute Gasteiger partial charge is 0.487 e. The molecule has 2 aromatic rings. The predicted octanol–water partition coefficient (Wildman–Crippen LogP) is 2.56. The Labute approximate surface area is 107 Å². The minimum absolute atomic E-state index is 0.430. The highest BCUT2D eigenvalue weighted by Gasteiger charge is 2.02. The molecule has 0 aliphatic rings. The van der Waals surface area contributed by atoms with Gasteiger partial charge in [-0.3, -0.25) is 10.8 Å². The lowest BCUT2D eigenvalue weighted by molar-refractivity contribution is 0.299. The third kappa shape index (κ3) is 2.99. The van der Waals surface area contributed by atoms with Gasteiger partial charge in [0.25, 0.3) is 0 Å². The molecule has 0 aliphatic heterocycles. The van der Waals surface area contributed by atoms with E-state index in [1.54, 1.807) is 12.3 Å². The molecule has 0 aliphatic carbocycles. The molecule has 4 heteroatoms. The van der Waals surface area contributed by atoms with Crippen molar-refractivity contribution in [2.75, 3.05) is 5.43 Å². The standard InChI is InChI=1S/C14H17N3O/c1-10-3-4-11(2)14(7-10)18-9-13-8-12(17-15)5-6-16-13/h3-8H,9,15H2,1-2H3,(H,16,17). The zero-order chi connectivity index (χ0) is 13.0. The number of pyridine rings is 1. The Morgan fingerprint density at radius 2 is 2.06 bits per heavy atom. The molecule has 0 radical (unpaired) electrons. The van der Waals surface area contributed by atoms with Crippen molar-refractivity contribution in [2.24, 2.45) is 5.84 Å². The van der Waals surface area contributed by atoms with Gasteiger partial charge in [0.05, 0.1) is 11.4 Å². The maximum absolute atomic E-state index is 5.77. The molecule has 0 amide bonds. The molecule has 0 fully saturated rings. The summed E-state index contributed by atoms with van der Waals surface area (Å²) in [5.41, 5.74) is 6.55. The fraction of sp³-hybridized carbons (Fsp3) is 0.214. The van der Waals surface area contributed by atoms with E-state index in [0.29, 0.717) is 6.61 Å². The van der Waals surface area contributed by atoms with Crippen LogP contribution >= 0.6 is 0 Å². The van der Waals surface area contributed by atoms with E-state index in [1.807, 2.05) is 26.0 Å². The molecule has 0 bridgehead atoms. The zero-order valence-electron chi connectivity index (χ0n) is 10.6. The van der Waals surface area contributed by atoms with Gasteiger partial charge in [-0.25, -0.2) is 0 Å². The third-order valence-corrected chi connectivity index (χ3v) is 2.70. The predicted molar refractivity (Wildman–Crippen MR) is 72.3 cm³/mol. The van der Waals surface area contributed by atoms with Crippen LogP contribution in [0.4, 0.5) is 5.69 Å². The Bertz CT molecular complexity index is 540. The molecule has 18 heavy (non-hydrogen) atoms. The van der Waals surface area contributed by atoms with Crippen molar-refractivity contribution in [3.63, 3.8) is 0 Å². The van der Waals surface area contributed by atoms with Crippen molar-refractivity contribution in [1.82, 2.24) is 4.98 Å². The Kier molecular flexibility index (Phi) is 3.79. The number of nitrogens with zero attached hydrogens (tertiary/aromatic N) is 1. The Morgan fingerprint density at radius 3 is 2.83 bits per heavy atom. The van der Waals surface area contributed by atoms with Gasteiger partial charge in [-0.2, -0.15) is 0 Å². The van der Waals surface area contributed by atoms with E-state index < -0.39 is 0 Å². The number of aryl methyl sites for hydroxylation is 2. The van der Waals surface area contributed by atoms with E-state index in [0.717, 1.165) is 22.7 Å². The first-order valence-electron chi connectivity index (χ1n) is 5.80. The molecule has 0 spiro atoms. The van der Waals surface area contributed by atoms with Gasteiger partial charge < -0.3 is 10.2 Å². The summed E-state index contributed by atoms with van der Waals surface area (Å²) < 4.78 is 5.77. The van der Waals surface area contributed by atoms with Gasteiger partial charge in [0.2, 0.25) is 0 Å². The van der Waals surface area contributed by atoms with Gasteiger partial charge in [0, 0.05) is 6.20 Å². The van der Waals surface area contributed by atoms with Crippen LogP contribution in [0.5, 0.6) is 5.75 Å². The molecule has 4 nitrogen and oxygen atoms in total. The van der Waals surface area contributed by atoms with E-state index >= 15 is 0 Å². The Morgan fingerprint density at radius 1 is 1.22 bits per heavy atom. The number of aromatic nitrogens is 1. The summed E-state index contributed by atoms with van der Waals surface area (Å²) >= 11 is 0. The third-order valence-electron chi connectivity index (χ3n) is 2.70. The molecule has 3 N–H and O–H groups in total. The number of anilines is 1. The van der Waals surface area contributed by atoms with Crippen molar-refractivity contribution < 1.29 is 4.74 Å². The number of ether oxygens (including phenoxy) is 1. The van der Waals surface area contributed by atoms with E-state index in [-0.39, 0.29) is 0 Å². The van der Waals surface area contributed by atoms with Gasteiger partial charge in [0.15, 0.2) is 0 Å². The molecule has 2 rings (SSSR count). The Hall–Kier alpha value is -2.07. The summed E-state index contributed by atoms with van der Waals surface area (Å²) in [4.78, 5) is 4.23. The number of nitrogens with one attached hydrogen (secondary N) is 1. The van der Waals surface area contributed by atoms with E-state index in [4.69, 9.17) is 10.6 Å². The summed E-state index contributed by atoms with van der Waals surface area (Å²) in [5, 5.41) is 0. The highest BCUT2D eigenvalue weighted by Crippen LogP contribution is 2.20. The number of rotatable bonds is 4.